The van der Waals surface area contributed by atoms with E-state index in [1.807, 2.05) is 31.2 Å². The number of hydrogen-bond donors (Lipinski definition) is 2. The maximum atomic E-state index is 12.6. The molecule has 1 unspecified atom stereocenters. The van der Waals surface area contributed by atoms with Gasteiger partial charge in [-0.3, -0.25) is 15.1 Å². The SMILES string of the molecule is Cc1cc(N)c2c(n1)CNC(c1ccc(I)cc1)C2=O. The number of halogens is 1. The van der Waals surface area contributed by atoms with Crippen molar-refractivity contribution >= 4 is 34.1 Å². The number of benzene rings is 1. The van der Waals surface area contributed by atoms with Gasteiger partial charge in [-0.05, 0) is 53.3 Å². The highest BCUT2D eigenvalue weighted by Gasteiger charge is 2.30. The van der Waals surface area contributed by atoms with Crippen LogP contribution in [0.15, 0.2) is 30.3 Å². The number of pyridine rings is 1. The molecule has 102 valence electrons. The lowest BCUT2D eigenvalue weighted by Gasteiger charge is -2.25. The van der Waals surface area contributed by atoms with Crippen molar-refractivity contribution in [2.75, 3.05) is 5.73 Å². The Bertz CT molecular complexity index is 682. The number of nitrogen functional groups attached to an aromatic ring is 1. The summed E-state index contributed by atoms with van der Waals surface area (Å²) in [4.78, 5) is 17.1. The molecule has 3 N–H and O–H groups in total. The van der Waals surface area contributed by atoms with Crippen molar-refractivity contribution in [3.63, 3.8) is 0 Å². The zero-order valence-electron chi connectivity index (χ0n) is 11.0. The van der Waals surface area contributed by atoms with Gasteiger partial charge in [0.1, 0.15) is 0 Å². The number of carbonyl (C=O) groups excluding carboxylic acids is 1. The summed E-state index contributed by atoms with van der Waals surface area (Å²) in [5.74, 6) is -0.00235. The molecule has 20 heavy (non-hydrogen) atoms. The van der Waals surface area contributed by atoms with Crippen molar-refractivity contribution < 1.29 is 4.79 Å². The molecule has 1 aromatic carbocycles. The quantitative estimate of drug-likeness (QED) is 0.748. The Kier molecular flexibility index (Phi) is 3.47. The van der Waals surface area contributed by atoms with Gasteiger partial charge in [-0.25, -0.2) is 0 Å². The van der Waals surface area contributed by atoms with Crippen LogP contribution in [0.5, 0.6) is 0 Å². The number of hydrogen-bond acceptors (Lipinski definition) is 4. The molecule has 0 spiro atoms. The lowest BCUT2D eigenvalue weighted by molar-refractivity contribution is 0.0930. The predicted molar refractivity (Wildman–Crippen MR) is 86.5 cm³/mol. The summed E-state index contributed by atoms with van der Waals surface area (Å²) in [5, 5.41) is 3.25. The van der Waals surface area contributed by atoms with Crippen molar-refractivity contribution in [3.8, 4) is 0 Å². The van der Waals surface area contributed by atoms with Gasteiger partial charge in [0.2, 0.25) is 0 Å². The standard InChI is InChI=1S/C15H14IN3O/c1-8-6-11(17)13-12(19-8)7-18-14(15(13)20)9-2-4-10(16)5-3-9/h2-6,14,18H,7H2,1H3,(H2,17,19). The number of ketones is 1. The van der Waals surface area contributed by atoms with E-state index in [-0.39, 0.29) is 11.8 Å². The van der Waals surface area contributed by atoms with E-state index in [0.29, 0.717) is 17.8 Å². The summed E-state index contributed by atoms with van der Waals surface area (Å²) < 4.78 is 1.15. The normalized spacial score (nSPS) is 17.9. The summed E-state index contributed by atoms with van der Waals surface area (Å²) in [6, 6.07) is 9.35. The summed E-state index contributed by atoms with van der Waals surface area (Å²) in [6.07, 6.45) is 0. The van der Waals surface area contributed by atoms with Crippen molar-refractivity contribution in [3.05, 3.63) is 56.4 Å². The first-order valence-corrected chi connectivity index (χ1v) is 7.43. The lowest BCUT2D eigenvalue weighted by Crippen LogP contribution is -2.35. The summed E-state index contributed by atoms with van der Waals surface area (Å²) in [5.41, 5.74) is 9.64. The van der Waals surface area contributed by atoms with E-state index < -0.39 is 0 Å². The van der Waals surface area contributed by atoms with Crippen LogP contribution in [0.3, 0.4) is 0 Å². The van der Waals surface area contributed by atoms with Crippen LogP contribution in [-0.2, 0) is 6.54 Å². The molecular weight excluding hydrogens is 365 g/mol. The molecule has 0 bridgehead atoms. The van der Waals surface area contributed by atoms with E-state index in [1.165, 1.54) is 0 Å². The fraction of sp³-hybridized carbons (Fsp3) is 0.200. The highest BCUT2D eigenvalue weighted by molar-refractivity contribution is 14.1. The average Bonchev–Trinajstić information content (AvgIpc) is 2.39. The maximum absolute atomic E-state index is 12.6. The first-order chi connectivity index (χ1) is 9.56. The van der Waals surface area contributed by atoms with E-state index in [9.17, 15) is 4.79 Å². The molecule has 0 aliphatic carbocycles. The van der Waals surface area contributed by atoms with Crippen LogP contribution in [0.1, 0.15) is 33.4 Å². The first kappa shape index (κ1) is 13.5. The monoisotopic (exact) mass is 379 g/mol. The number of aryl methyl sites for hydroxylation is 1. The molecule has 4 nitrogen and oxygen atoms in total. The number of nitrogens with one attached hydrogen (secondary N) is 1. The van der Waals surface area contributed by atoms with Crippen molar-refractivity contribution in [1.82, 2.24) is 10.3 Å². The van der Waals surface area contributed by atoms with Crippen LogP contribution in [0, 0.1) is 10.5 Å². The molecule has 5 heteroatoms. The molecule has 1 atom stereocenters. The van der Waals surface area contributed by atoms with Crippen LogP contribution in [0.25, 0.3) is 0 Å². The Hall–Kier alpha value is -1.47. The van der Waals surface area contributed by atoms with Gasteiger partial charge in [0.15, 0.2) is 5.78 Å². The molecule has 1 aliphatic rings. The van der Waals surface area contributed by atoms with Gasteiger partial charge in [-0.15, -0.1) is 0 Å². The second-order valence-electron chi connectivity index (χ2n) is 4.90. The van der Waals surface area contributed by atoms with Crippen molar-refractivity contribution in [2.45, 2.75) is 19.5 Å². The first-order valence-electron chi connectivity index (χ1n) is 6.35. The molecule has 0 fully saturated rings. The minimum atomic E-state index is -0.341. The van der Waals surface area contributed by atoms with Crippen LogP contribution in [-0.4, -0.2) is 10.8 Å². The van der Waals surface area contributed by atoms with Gasteiger partial charge < -0.3 is 5.73 Å². The Balaban J connectivity index is 2.03. The number of nitrogens with zero attached hydrogens (tertiary/aromatic N) is 1. The van der Waals surface area contributed by atoms with Gasteiger partial charge >= 0.3 is 0 Å². The molecule has 3 rings (SSSR count). The van der Waals surface area contributed by atoms with Crippen LogP contribution < -0.4 is 11.1 Å². The topological polar surface area (TPSA) is 68.0 Å². The number of anilines is 1. The van der Waals surface area contributed by atoms with E-state index in [4.69, 9.17) is 5.73 Å². The molecule has 0 radical (unpaired) electrons. The van der Waals surface area contributed by atoms with E-state index in [1.54, 1.807) is 6.07 Å². The Morgan fingerprint density at radius 3 is 2.75 bits per heavy atom. The van der Waals surface area contributed by atoms with Crippen molar-refractivity contribution in [2.24, 2.45) is 0 Å². The minimum Gasteiger partial charge on any atom is -0.398 e. The third-order valence-electron chi connectivity index (χ3n) is 3.44. The number of fused-ring (bicyclic) bond motifs is 1. The van der Waals surface area contributed by atoms with E-state index in [2.05, 4.69) is 32.9 Å². The fourth-order valence-corrected chi connectivity index (χ4v) is 2.90. The number of aromatic nitrogens is 1. The largest absolute Gasteiger partial charge is 0.398 e. The second kappa shape index (κ2) is 5.14. The number of carbonyl (C=O) groups is 1. The Morgan fingerprint density at radius 2 is 2.05 bits per heavy atom. The smallest absolute Gasteiger partial charge is 0.188 e. The van der Waals surface area contributed by atoms with Gasteiger partial charge in [-0.2, -0.15) is 0 Å². The molecule has 2 aromatic rings. The Labute approximate surface area is 130 Å². The van der Waals surface area contributed by atoms with Crippen molar-refractivity contribution in [1.29, 1.82) is 0 Å². The molecule has 0 amide bonds. The number of nitrogens with two attached hydrogens (primary N) is 1. The van der Waals surface area contributed by atoms with Crippen LogP contribution >= 0.6 is 22.6 Å². The third kappa shape index (κ3) is 2.31. The van der Waals surface area contributed by atoms with Gasteiger partial charge in [-0.1, -0.05) is 12.1 Å². The predicted octanol–water partition coefficient (Wildman–Crippen LogP) is 2.60. The summed E-state index contributed by atoms with van der Waals surface area (Å²) in [6.45, 7) is 2.44. The highest BCUT2D eigenvalue weighted by Crippen LogP contribution is 2.29. The van der Waals surface area contributed by atoms with E-state index in [0.717, 1.165) is 20.5 Å². The highest BCUT2D eigenvalue weighted by atomic mass is 127. The molecule has 0 saturated carbocycles. The molecule has 1 aromatic heterocycles. The number of Topliss-reactive ketones (excluding diaryl/α,β-unsaturated/α-hetero) is 1. The molecule has 1 aliphatic heterocycles. The Morgan fingerprint density at radius 1 is 1.35 bits per heavy atom. The van der Waals surface area contributed by atoms with Crippen LogP contribution in [0.2, 0.25) is 0 Å². The second-order valence-corrected chi connectivity index (χ2v) is 6.15. The van der Waals surface area contributed by atoms with Crippen LogP contribution in [0.4, 0.5) is 5.69 Å². The fourth-order valence-electron chi connectivity index (χ4n) is 2.54. The summed E-state index contributed by atoms with van der Waals surface area (Å²) in [7, 11) is 0. The molecule has 2 heterocycles. The average molecular weight is 379 g/mol. The third-order valence-corrected chi connectivity index (χ3v) is 4.16. The van der Waals surface area contributed by atoms with Gasteiger partial charge in [0, 0.05) is 21.5 Å². The molecule has 0 saturated heterocycles. The minimum absolute atomic E-state index is 0.00235. The lowest BCUT2D eigenvalue weighted by atomic mass is 9.91. The zero-order chi connectivity index (χ0) is 14.3. The van der Waals surface area contributed by atoms with Gasteiger partial charge in [0.25, 0.3) is 0 Å². The molecular formula is C15H14IN3O. The van der Waals surface area contributed by atoms with E-state index >= 15 is 0 Å². The maximum Gasteiger partial charge on any atom is 0.188 e. The number of rotatable bonds is 1. The summed E-state index contributed by atoms with van der Waals surface area (Å²) >= 11 is 2.25. The zero-order valence-corrected chi connectivity index (χ0v) is 13.1. The van der Waals surface area contributed by atoms with Gasteiger partial charge in [0.05, 0.1) is 17.3 Å².